The maximum absolute atomic E-state index is 12.4. The third kappa shape index (κ3) is 5.33. The minimum Gasteiger partial charge on any atom is -0.371 e. The zero-order valence-electron chi connectivity index (χ0n) is 15.9. The Balaban J connectivity index is 1.51. The molecule has 5 nitrogen and oxygen atoms in total. The van der Waals surface area contributed by atoms with Crippen LogP contribution in [0.1, 0.15) is 24.0 Å². The highest BCUT2D eigenvalue weighted by Crippen LogP contribution is 2.25. The average molecular weight is 365 g/mol. The first-order chi connectivity index (χ1) is 13.1. The van der Waals surface area contributed by atoms with Crippen molar-refractivity contribution in [3.63, 3.8) is 0 Å². The van der Waals surface area contributed by atoms with Crippen LogP contribution in [0, 0.1) is 0 Å². The average Bonchev–Trinajstić information content (AvgIpc) is 3.22. The van der Waals surface area contributed by atoms with Gasteiger partial charge in [-0.2, -0.15) is 0 Å². The molecule has 1 N–H and O–H groups in total. The third-order valence-corrected chi connectivity index (χ3v) is 4.92. The van der Waals surface area contributed by atoms with Crippen molar-refractivity contribution in [1.29, 1.82) is 0 Å². The van der Waals surface area contributed by atoms with Gasteiger partial charge in [0.2, 0.25) is 11.8 Å². The second-order valence-electron chi connectivity index (χ2n) is 7.01. The lowest BCUT2D eigenvalue weighted by Crippen LogP contribution is -2.38. The maximum Gasteiger partial charge on any atom is 0.242 e. The zero-order valence-corrected chi connectivity index (χ0v) is 15.9. The van der Waals surface area contributed by atoms with E-state index in [1.807, 2.05) is 42.5 Å². The predicted molar refractivity (Wildman–Crippen MR) is 108 cm³/mol. The van der Waals surface area contributed by atoms with Crippen LogP contribution in [0.3, 0.4) is 0 Å². The van der Waals surface area contributed by atoms with Crippen molar-refractivity contribution < 1.29 is 9.59 Å². The molecule has 0 radical (unpaired) electrons. The maximum atomic E-state index is 12.4. The Morgan fingerprint density at radius 3 is 2.41 bits per heavy atom. The molecule has 1 fully saturated rings. The molecule has 0 bridgehead atoms. The SMILES string of the molecule is CN(Cc1ccccc1N1CCCC1)C(=O)CNC(=O)Cc1ccccc1. The summed E-state index contributed by atoms with van der Waals surface area (Å²) in [6, 6.07) is 17.8. The van der Waals surface area contributed by atoms with Crippen molar-refractivity contribution in [3.8, 4) is 0 Å². The number of carbonyl (C=O) groups is 2. The van der Waals surface area contributed by atoms with E-state index < -0.39 is 0 Å². The number of hydrogen-bond donors (Lipinski definition) is 1. The van der Waals surface area contributed by atoms with Gasteiger partial charge in [0.05, 0.1) is 13.0 Å². The summed E-state index contributed by atoms with van der Waals surface area (Å²) in [5, 5.41) is 2.73. The van der Waals surface area contributed by atoms with E-state index in [-0.39, 0.29) is 24.8 Å². The lowest BCUT2D eigenvalue weighted by atomic mass is 10.1. The molecule has 1 aliphatic heterocycles. The van der Waals surface area contributed by atoms with Crippen LogP contribution in [-0.2, 0) is 22.6 Å². The normalized spacial score (nSPS) is 13.4. The van der Waals surface area contributed by atoms with Gasteiger partial charge in [0, 0.05) is 32.4 Å². The second-order valence-corrected chi connectivity index (χ2v) is 7.01. The van der Waals surface area contributed by atoms with Gasteiger partial charge in [-0.3, -0.25) is 9.59 Å². The number of amides is 2. The molecule has 1 heterocycles. The molecule has 2 aromatic carbocycles. The number of rotatable bonds is 7. The summed E-state index contributed by atoms with van der Waals surface area (Å²) in [6.07, 6.45) is 2.72. The number of likely N-dealkylation sites (N-methyl/N-ethyl adjacent to an activating group) is 1. The largest absolute Gasteiger partial charge is 0.371 e. The van der Waals surface area contributed by atoms with E-state index in [1.165, 1.54) is 18.5 Å². The first-order valence-corrected chi connectivity index (χ1v) is 9.51. The number of hydrogen-bond acceptors (Lipinski definition) is 3. The molecule has 0 spiro atoms. The molecule has 142 valence electrons. The summed E-state index contributed by atoms with van der Waals surface area (Å²) in [6.45, 7) is 2.71. The van der Waals surface area contributed by atoms with Crippen LogP contribution < -0.4 is 10.2 Å². The Morgan fingerprint density at radius 2 is 1.67 bits per heavy atom. The van der Waals surface area contributed by atoms with Gasteiger partial charge in [0.1, 0.15) is 0 Å². The first-order valence-electron chi connectivity index (χ1n) is 9.51. The molecule has 0 atom stereocenters. The van der Waals surface area contributed by atoms with Gasteiger partial charge in [-0.25, -0.2) is 0 Å². The Labute approximate surface area is 161 Å². The molecule has 27 heavy (non-hydrogen) atoms. The molecule has 2 amide bonds. The Bertz CT molecular complexity index is 770. The van der Waals surface area contributed by atoms with Crippen molar-refractivity contribution >= 4 is 17.5 Å². The molecular weight excluding hydrogens is 338 g/mol. The molecule has 1 aliphatic rings. The standard InChI is InChI=1S/C22H27N3O2/c1-24(17-19-11-5-6-12-20(19)25-13-7-8-14-25)22(27)16-23-21(26)15-18-9-3-2-4-10-18/h2-6,9-12H,7-8,13-17H2,1H3,(H,23,26). The smallest absolute Gasteiger partial charge is 0.242 e. The number of nitrogens with zero attached hydrogens (tertiary/aromatic N) is 2. The number of anilines is 1. The van der Waals surface area contributed by atoms with Gasteiger partial charge in [-0.05, 0) is 30.0 Å². The second kappa shape index (κ2) is 9.21. The Hall–Kier alpha value is -2.82. The van der Waals surface area contributed by atoms with E-state index in [9.17, 15) is 9.59 Å². The molecule has 1 saturated heterocycles. The van der Waals surface area contributed by atoms with E-state index in [0.717, 1.165) is 24.2 Å². The van der Waals surface area contributed by atoms with E-state index in [0.29, 0.717) is 6.54 Å². The predicted octanol–water partition coefficient (Wildman–Crippen LogP) is 2.60. The van der Waals surface area contributed by atoms with E-state index in [2.05, 4.69) is 22.3 Å². The number of benzene rings is 2. The van der Waals surface area contributed by atoms with Crippen LogP contribution in [0.15, 0.2) is 54.6 Å². The number of para-hydroxylation sites is 1. The van der Waals surface area contributed by atoms with E-state index >= 15 is 0 Å². The molecule has 0 unspecified atom stereocenters. The fourth-order valence-corrected chi connectivity index (χ4v) is 3.41. The quantitative estimate of drug-likeness (QED) is 0.821. The number of nitrogens with one attached hydrogen (secondary N) is 1. The Kier molecular flexibility index (Phi) is 6.47. The lowest BCUT2D eigenvalue weighted by molar-refractivity contribution is -0.132. The van der Waals surface area contributed by atoms with Gasteiger partial charge >= 0.3 is 0 Å². The topological polar surface area (TPSA) is 52.6 Å². The van der Waals surface area contributed by atoms with E-state index in [1.54, 1.807) is 11.9 Å². The first kappa shape index (κ1) is 19.0. The minimum atomic E-state index is -0.139. The van der Waals surface area contributed by atoms with Gasteiger partial charge in [0.15, 0.2) is 0 Å². The summed E-state index contributed by atoms with van der Waals surface area (Å²) < 4.78 is 0. The summed E-state index contributed by atoms with van der Waals surface area (Å²) in [4.78, 5) is 28.5. The highest BCUT2D eigenvalue weighted by atomic mass is 16.2. The highest BCUT2D eigenvalue weighted by molar-refractivity contribution is 5.85. The van der Waals surface area contributed by atoms with Crippen LogP contribution in [0.4, 0.5) is 5.69 Å². The van der Waals surface area contributed by atoms with Crippen LogP contribution in [0.2, 0.25) is 0 Å². The van der Waals surface area contributed by atoms with Crippen LogP contribution in [-0.4, -0.2) is 43.4 Å². The minimum absolute atomic E-state index is 0.0219. The third-order valence-electron chi connectivity index (χ3n) is 4.92. The van der Waals surface area contributed by atoms with Crippen molar-refractivity contribution in [2.75, 3.05) is 31.6 Å². The molecule has 0 aliphatic carbocycles. The van der Waals surface area contributed by atoms with Crippen molar-refractivity contribution in [2.24, 2.45) is 0 Å². The van der Waals surface area contributed by atoms with Gasteiger partial charge < -0.3 is 15.1 Å². The fourth-order valence-electron chi connectivity index (χ4n) is 3.41. The van der Waals surface area contributed by atoms with Crippen LogP contribution in [0.5, 0.6) is 0 Å². The molecule has 0 saturated carbocycles. The van der Waals surface area contributed by atoms with Crippen molar-refractivity contribution in [1.82, 2.24) is 10.2 Å². The molecule has 2 aromatic rings. The summed E-state index contributed by atoms with van der Waals surface area (Å²) >= 11 is 0. The van der Waals surface area contributed by atoms with Gasteiger partial charge in [-0.1, -0.05) is 48.5 Å². The summed E-state index contributed by atoms with van der Waals surface area (Å²) in [5.41, 5.74) is 3.30. The monoisotopic (exact) mass is 365 g/mol. The van der Waals surface area contributed by atoms with Crippen molar-refractivity contribution in [3.05, 3.63) is 65.7 Å². The van der Waals surface area contributed by atoms with Crippen molar-refractivity contribution in [2.45, 2.75) is 25.8 Å². The molecule has 0 aromatic heterocycles. The lowest BCUT2D eigenvalue weighted by Gasteiger charge is -2.24. The van der Waals surface area contributed by atoms with Crippen LogP contribution >= 0.6 is 0 Å². The van der Waals surface area contributed by atoms with Gasteiger partial charge in [-0.15, -0.1) is 0 Å². The summed E-state index contributed by atoms with van der Waals surface area (Å²) in [7, 11) is 1.78. The van der Waals surface area contributed by atoms with Gasteiger partial charge in [0.25, 0.3) is 0 Å². The number of carbonyl (C=O) groups excluding carboxylic acids is 2. The Morgan fingerprint density at radius 1 is 1.00 bits per heavy atom. The fraction of sp³-hybridized carbons (Fsp3) is 0.364. The zero-order chi connectivity index (χ0) is 19.1. The summed E-state index contributed by atoms with van der Waals surface area (Å²) in [5.74, 6) is -0.229. The molecule has 3 rings (SSSR count). The highest BCUT2D eigenvalue weighted by Gasteiger charge is 2.18. The molecular formula is C22H27N3O2. The van der Waals surface area contributed by atoms with E-state index in [4.69, 9.17) is 0 Å². The van der Waals surface area contributed by atoms with Crippen LogP contribution in [0.25, 0.3) is 0 Å². The molecule has 5 heteroatoms.